The van der Waals surface area contributed by atoms with E-state index in [9.17, 15) is 4.79 Å². The molecule has 0 N–H and O–H groups in total. The lowest BCUT2D eigenvalue weighted by atomic mass is 9.83. The van der Waals surface area contributed by atoms with Crippen LogP contribution >= 0.6 is 0 Å². The number of amides is 1. The first-order valence-electron chi connectivity index (χ1n) is 11.3. The summed E-state index contributed by atoms with van der Waals surface area (Å²) in [5.41, 5.74) is 4.63. The van der Waals surface area contributed by atoms with Crippen LogP contribution in [0.4, 0.5) is 0 Å². The van der Waals surface area contributed by atoms with Gasteiger partial charge in [0.1, 0.15) is 11.6 Å². The fraction of sp³-hybridized carbons (Fsp3) is 0.500. The molecule has 1 aliphatic heterocycles. The molecule has 1 heterocycles. The number of ether oxygens (including phenoxy) is 1. The Kier molecular flexibility index (Phi) is 5.77. The topological polar surface area (TPSA) is 32.8 Å². The lowest BCUT2D eigenvalue weighted by Crippen LogP contribution is -2.41. The molecular weight excluding hydrogens is 372 g/mol. The summed E-state index contributed by atoms with van der Waals surface area (Å²) in [6.45, 7) is 8.19. The lowest BCUT2D eigenvalue weighted by Gasteiger charge is -2.36. The molecule has 0 bridgehead atoms. The molecule has 0 saturated heterocycles. The Morgan fingerprint density at radius 1 is 1.07 bits per heavy atom. The fourth-order valence-corrected chi connectivity index (χ4v) is 5.11. The maximum absolute atomic E-state index is 13.2. The van der Waals surface area contributed by atoms with E-state index in [0.29, 0.717) is 0 Å². The van der Waals surface area contributed by atoms with E-state index in [4.69, 9.17) is 4.74 Å². The highest BCUT2D eigenvalue weighted by atomic mass is 16.5. The van der Waals surface area contributed by atoms with Gasteiger partial charge in [-0.1, -0.05) is 50.0 Å². The van der Waals surface area contributed by atoms with Crippen LogP contribution in [0.3, 0.4) is 0 Å². The molecule has 1 fully saturated rings. The van der Waals surface area contributed by atoms with Crippen LogP contribution in [0.2, 0.25) is 0 Å². The molecule has 1 aromatic carbocycles. The number of carbonyl (C=O) groups is 1. The average molecular weight is 407 g/mol. The smallest absolute Gasteiger partial charge is 0.257 e. The average Bonchev–Trinajstić information content (AvgIpc) is 3.35. The van der Waals surface area contributed by atoms with Crippen molar-refractivity contribution in [1.29, 1.82) is 0 Å². The number of benzene rings is 1. The predicted molar refractivity (Wildman–Crippen MR) is 121 cm³/mol. The fourth-order valence-electron chi connectivity index (χ4n) is 5.11. The summed E-state index contributed by atoms with van der Waals surface area (Å²) in [7, 11) is 3.85. The van der Waals surface area contributed by atoms with Crippen LogP contribution in [0.5, 0.6) is 5.75 Å². The van der Waals surface area contributed by atoms with E-state index < -0.39 is 0 Å². The van der Waals surface area contributed by atoms with Gasteiger partial charge in [0.25, 0.3) is 5.91 Å². The summed E-state index contributed by atoms with van der Waals surface area (Å²) >= 11 is 0. The molecule has 3 aliphatic rings. The highest BCUT2D eigenvalue weighted by Gasteiger charge is 2.40. The van der Waals surface area contributed by atoms with Gasteiger partial charge in [-0.15, -0.1) is 0 Å². The Hall–Kier alpha value is -2.49. The second kappa shape index (κ2) is 8.33. The number of allylic oxidation sites excluding steroid dienone is 2. The Morgan fingerprint density at radius 2 is 1.73 bits per heavy atom. The van der Waals surface area contributed by atoms with Crippen LogP contribution in [-0.2, 0) is 11.2 Å². The van der Waals surface area contributed by atoms with Crippen molar-refractivity contribution in [2.45, 2.75) is 58.5 Å². The zero-order valence-corrected chi connectivity index (χ0v) is 18.8. The van der Waals surface area contributed by atoms with Crippen LogP contribution in [0.1, 0.15) is 51.5 Å². The molecule has 1 unspecified atom stereocenters. The molecule has 30 heavy (non-hydrogen) atoms. The molecule has 0 spiro atoms. The highest BCUT2D eigenvalue weighted by molar-refractivity contribution is 5.99. The van der Waals surface area contributed by atoms with Gasteiger partial charge in [-0.25, -0.2) is 0 Å². The molecule has 4 rings (SSSR count). The third-order valence-electron chi connectivity index (χ3n) is 6.80. The quantitative estimate of drug-likeness (QED) is 0.644. The second-order valence-corrected chi connectivity index (χ2v) is 9.28. The van der Waals surface area contributed by atoms with E-state index in [1.807, 2.05) is 40.1 Å². The maximum Gasteiger partial charge on any atom is 0.257 e. The van der Waals surface area contributed by atoms with Gasteiger partial charge in [0.05, 0.1) is 11.8 Å². The summed E-state index contributed by atoms with van der Waals surface area (Å²) in [5, 5.41) is 0. The van der Waals surface area contributed by atoms with Crippen molar-refractivity contribution in [3.05, 3.63) is 65.1 Å². The van der Waals surface area contributed by atoms with Gasteiger partial charge in [0, 0.05) is 25.6 Å². The Morgan fingerprint density at radius 3 is 2.37 bits per heavy atom. The normalized spacial score (nSPS) is 22.3. The van der Waals surface area contributed by atoms with Crippen LogP contribution in [0, 0.1) is 11.8 Å². The van der Waals surface area contributed by atoms with Crippen molar-refractivity contribution in [3.63, 3.8) is 0 Å². The van der Waals surface area contributed by atoms with Crippen molar-refractivity contribution >= 4 is 5.91 Å². The Labute approximate surface area is 180 Å². The largest absolute Gasteiger partial charge is 0.491 e. The molecule has 1 amide bonds. The van der Waals surface area contributed by atoms with Gasteiger partial charge < -0.3 is 9.64 Å². The van der Waals surface area contributed by atoms with Crippen LogP contribution < -0.4 is 4.74 Å². The summed E-state index contributed by atoms with van der Waals surface area (Å²) in [6, 6.07) is 8.37. The van der Waals surface area contributed by atoms with Gasteiger partial charge in [-0.3, -0.25) is 9.69 Å². The molecule has 4 heteroatoms. The van der Waals surface area contributed by atoms with E-state index in [-0.39, 0.29) is 17.9 Å². The molecule has 1 aromatic rings. The third-order valence-corrected chi connectivity index (χ3v) is 6.80. The van der Waals surface area contributed by atoms with Crippen LogP contribution in [-0.4, -0.2) is 35.9 Å². The summed E-state index contributed by atoms with van der Waals surface area (Å²) in [5.74, 6) is 2.62. The van der Waals surface area contributed by atoms with Crippen molar-refractivity contribution in [1.82, 2.24) is 9.80 Å². The molecule has 4 nitrogen and oxygen atoms in total. The standard InChI is InChI=1S/C26H34N2O2/c1-17(2)30-22-12-10-20(11-13-22)15-23-21(14-19-8-6-7-9-19)16-24-25(23)26(29)28(5)18(3)27(24)4/h10-13,16-17,19,23H,3,6-9,14-15H2,1-2,4-5H3. The number of likely N-dealkylation sites (N-methyl/N-ethyl adjacent to an activating group) is 2. The minimum Gasteiger partial charge on any atom is -0.491 e. The monoisotopic (exact) mass is 406 g/mol. The first-order chi connectivity index (χ1) is 14.3. The minimum atomic E-state index is 0.0931. The highest BCUT2D eigenvalue weighted by Crippen LogP contribution is 2.44. The van der Waals surface area contributed by atoms with Crippen molar-refractivity contribution < 1.29 is 9.53 Å². The first-order valence-corrected chi connectivity index (χ1v) is 11.3. The van der Waals surface area contributed by atoms with Crippen LogP contribution in [0.25, 0.3) is 0 Å². The summed E-state index contributed by atoms with van der Waals surface area (Å²) in [6.07, 6.45) is 9.70. The third kappa shape index (κ3) is 3.92. The molecule has 0 radical (unpaired) electrons. The number of hydrogen-bond donors (Lipinski definition) is 0. The summed E-state index contributed by atoms with van der Waals surface area (Å²) < 4.78 is 5.79. The number of rotatable bonds is 6. The first kappa shape index (κ1) is 20.8. The molecule has 1 saturated carbocycles. The lowest BCUT2D eigenvalue weighted by molar-refractivity contribution is -0.126. The molecule has 2 aliphatic carbocycles. The van der Waals surface area contributed by atoms with Crippen molar-refractivity contribution in [3.8, 4) is 5.75 Å². The van der Waals surface area contributed by atoms with Gasteiger partial charge in [-0.2, -0.15) is 0 Å². The molecular formula is C26H34N2O2. The van der Waals surface area contributed by atoms with E-state index in [2.05, 4.69) is 29.7 Å². The van der Waals surface area contributed by atoms with E-state index in [0.717, 1.165) is 41.6 Å². The van der Waals surface area contributed by atoms with Crippen molar-refractivity contribution in [2.75, 3.05) is 14.1 Å². The van der Waals surface area contributed by atoms with E-state index in [1.54, 1.807) is 4.90 Å². The molecule has 160 valence electrons. The number of carbonyl (C=O) groups excluding carboxylic acids is 1. The van der Waals surface area contributed by atoms with Crippen molar-refractivity contribution in [2.24, 2.45) is 11.8 Å². The molecule has 1 atom stereocenters. The van der Waals surface area contributed by atoms with Gasteiger partial charge >= 0.3 is 0 Å². The Bertz CT molecular complexity index is 888. The number of hydrogen-bond acceptors (Lipinski definition) is 3. The zero-order chi connectivity index (χ0) is 21.4. The summed E-state index contributed by atoms with van der Waals surface area (Å²) in [4.78, 5) is 17.0. The zero-order valence-electron chi connectivity index (χ0n) is 18.8. The van der Waals surface area contributed by atoms with Gasteiger partial charge in [0.15, 0.2) is 0 Å². The van der Waals surface area contributed by atoms with Gasteiger partial charge in [-0.05, 0) is 56.4 Å². The molecule has 0 aromatic heterocycles. The second-order valence-electron chi connectivity index (χ2n) is 9.28. The Balaban J connectivity index is 1.62. The van der Waals surface area contributed by atoms with Gasteiger partial charge in [0.2, 0.25) is 0 Å². The van der Waals surface area contributed by atoms with E-state index >= 15 is 0 Å². The number of nitrogens with zero attached hydrogens (tertiary/aromatic N) is 2. The van der Waals surface area contributed by atoms with Crippen LogP contribution in [0.15, 0.2) is 59.6 Å². The SMILES string of the molecule is C=C1N(C)C(=O)C2=C(C=C(CC3CCCC3)C2Cc2ccc(OC(C)C)cc2)N1C. The predicted octanol–water partition coefficient (Wildman–Crippen LogP) is 5.28. The minimum absolute atomic E-state index is 0.0931. The van der Waals surface area contributed by atoms with E-state index in [1.165, 1.54) is 36.8 Å². The maximum atomic E-state index is 13.2.